The van der Waals surface area contributed by atoms with Gasteiger partial charge in [0.1, 0.15) is 17.1 Å². The van der Waals surface area contributed by atoms with Gasteiger partial charge in [-0.15, -0.1) is 6.42 Å². The summed E-state index contributed by atoms with van der Waals surface area (Å²) >= 11 is 0. The third-order valence-corrected chi connectivity index (χ3v) is 4.46. The number of anilines is 1. The molecule has 2 rings (SSSR count). The van der Waals surface area contributed by atoms with E-state index in [1.54, 1.807) is 29.0 Å². The van der Waals surface area contributed by atoms with E-state index in [0.29, 0.717) is 13.1 Å². The first-order valence-corrected chi connectivity index (χ1v) is 8.76. The van der Waals surface area contributed by atoms with Crippen LogP contribution in [0.4, 0.5) is 11.4 Å². The van der Waals surface area contributed by atoms with Crippen LogP contribution in [0.15, 0.2) is 35.5 Å². The summed E-state index contributed by atoms with van der Waals surface area (Å²) < 4.78 is 25.2. The smallest absolute Gasteiger partial charge is 0.311 e. The van der Waals surface area contributed by atoms with Crippen LogP contribution in [0.2, 0.25) is 0 Å². The molecule has 8 nitrogen and oxygen atoms in total. The summed E-state index contributed by atoms with van der Waals surface area (Å²) in [7, 11) is -2.07. The van der Waals surface area contributed by atoms with Crippen molar-refractivity contribution in [1.29, 1.82) is 0 Å². The minimum atomic E-state index is -3.72. The largest absolute Gasteiger partial charge is 0.365 e. The number of hydrogen-bond donors (Lipinski definition) is 0. The second-order valence-electron chi connectivity index (χ2n) is 5.26. The second kappa shape index (κ2) is 6.72. The summed E-state index contributed by atoms with van der Waals surface area (Å²) in [6.45, 7) is 0.645. The molecule has 0 saturated heterocycles. The van der Waals surface area contributed by atoms with Crippen LogP contribution >= 0.6 is 0 Å². The number of terminal acetylenes is 1. The minimum Gasteiger partial charge on any atom is -0.365 e. The number of sulfone groups is 1. The van der Waals surface area contributed by atoms with E-state index in [1.807, 2.05) is 0 Å². The minimum absolute atomic E-state index is 0.215. The Balaban J connectivity index is 2.40. The lowest BCUT2D eigenvalue weighted by Crippen LogP contribution is -2.18. The number of nitrogens with zero attached hydrogens (tertiary/aromatic N) is 4. The number of nitro groups is 1. The maximum absolute atomic E-state index is 11.8. The Bertz CT molecular complexity index is 912. The Morgan fingerprint density at radius 3 is 2.75 bits per heavy atom. The molecule has 0 atom stereocenters. The zero-order chi connectivity index (χ0) is 17.9. The van der Waals surface area contributed by atoms with Gasteiger partial charge in [0.15, 0.2) is 9.84 Å². The van der Waals surface area contributed by atoms with Gasteiger partial charge in [0.05, 0.1) is 11.1 Å². The molecule has 0 N–H and O–H groups in total. The summed E-state index contributed by atoms with van der Waals surface area (Å²) in [4.78, 5) is 12.0. The standard InChI is InChI=1S/C15H16N4O4S/c1-4-8-18-11-12(9-16-18)10-17(2)13-6-5-7-14(24(3,22)23)15(13)19(20)21/h1,5-7,9,11H,8,10H2,2-3H3. The van der Waals surface area contributed by atoms with Crippen LogP contribution in [0, 0.1) is 22.5 Å². The molecule has 0 bridgehead atoms. The molecule has 1 aromatic heterocycles. The van der Waals surface area contributed by atoms with Gasteiger partial charge in [0.25, 0.3) is 0 Å². The van der Waals surface area contributed by atoms with Gasteiger partial charge in [-0.2, -0.15) is 5.10 Å². The van der Waals surface area contributed by atoms with Crippen LogP contribution in [0.25, 0.3) is 0 Å². The molecule has 0 amide bonds. The molecular weight excluding hydrogens is 332 g/mol. The van der Waals surface area contributed by atoms with Crippen molar-refractivity contribution in [1.82, 2.24) is 9.78 Å². The normalized spacial score (nSPS) is 11.0. The van der Waals surface area contributed by atoms with E-state index in [4.69, 9.17) is 6.42 Å². The second-order valence-corrected chi connectivity index (χ2v) is 7.24. The number of hydrogen-bond acceptors (Lipinski definition) is 6. The molecule has 0 radical (unpaired) electrons. The quantitative estimate of drug-likeness (QED) is 0.445. The number of benzene rings is 1. The highest BCUT2D eigenvalue weighted by Gasteiger charge is 2.27. The van der Waals surface area contributed by atoms with Crippen molar-refractivity contribution in [3.8, 4) is 12.3 Å². The highest BCUT2D eigenvalue weighted by molar-refractivity contribution is 7.90. The third-order valence-electron chi connectivity index (χ3n) is 3.33. The Hall–Kier alpha value is -2.86. The van der Waals surface area contributed by atoms with Gasteiger partial charge in [-0.1, -0.05) is 12.0 Å². The van der Waals surface area contributed by atoms with Crippen molar-refractivity contribution in [2.75, 3.05) is 18.2 Å². The molecule has 126 valence electrons. The van der Waals surface area contributed by atoms with Crippen LogP contribution in [0.3, 0.4) is 0 Å². The topological polar surface area (TPSA) is 98.3 Å². The van der Waals surface area contributed by atoms with Crippen LogP contribution in [0.5, 0.6) is 0 Å². The summed E-state index contributed by atoms with van der Waals surface area (Å²) in [5, 5.41) is 15.5. The SMILES string of the molecule is C#CCn1cc(CN(C)c2cccc(S(C)(=O)=O)c2[N+](=O)[O-])cn1. The fourth-order valence-corrected chi connectivity index (χ4v) is 3.18. The lowest BCUT2D eigenvalue weighted by molar-refractivity contribution is -0.387. The van der Waals surface area contributed by atoms with Gasteiger partial charge in [0, 0.05) is 31.6 Å². The fraction of sp³-hybridized carbons (Fsp3) is 0.267. The van der Waals surface area contributed by atoms with Gasteiger partial charge in [-0.05, 0) is 12.1 Å². The molecule has 0 unspecified atom stereocenters. The summed E-state index contributed by atoms with van der Waals surface area (Å²) in [6, 6.07) is 4.23. The molecule has 24 heavy (non-hydrogen) atoms. The Labute approximate surface area is 139 Å². The monoisotopic (exact) mass is 348 g/mol. The summed E-state index contributed by atoms with van der Waals surface area (Å²) in [6.07, 6.45) is 9.52. The molecule has 1 aromatic carbocycles. The average Bonchev–Trinajstić information content (AvgIpc) is 2.93. The van der Waals surface area contributed by atoms with Crippen molar-refractivity contribution < 1.29 is 13.3 Å². The Kier molecular flexibility index (Phi) is 4.90. The van der Waals surface area contributed by atoms with Crippen molar-refractivity contribution in [2.24, 2.45) is 0 Å². The van der Waals surface area contributed by atoms with Gasteiger partial charge in [0.2, 0.25) is 0 Å². The molecule has 9 heteroatoms. The maximum atomic E-state index is 11.8. The van der Waals surface area contributed by atoms with Crippen molar-refractivity contribution >= 4 is 21.2 Å². The molecule has 0 saturated carbocycles. The molecule has 0 aliphatic carbocycles. The molecule has 0 spiro atoms. The zero-order valence-corrected chi connectivity index (χ0v) is 14.0. The zero-order valence-electron chi connectivity index (χ0n) is 13.2. The fourth-order valence-electron chi connectivity index (χ4n) is 2.33. The van der Waals surface area contributed by atoms with E-state index in [1.165, 1.54) is 18.2 Å². The molecule has 2 aromatic rings. The van der Waals surface area contributed by atoms with E-state index in [-0.39, 0.29) is 10.6 Å². The lowest BCUT2D eigenvalue weighted by atomic mass is 10.2. The predicted molar refractivity (Wildman–Crippen MR) is 89.4 cm³/mol. The molecule has 0 aliphatic heterocycles. The number of para-hydroxylation sites is 1. The average molecular weight is 348 g/mol. The molecule has 0 fully saturated rings. The van der Waals surface area contributed by atoms with Crippen molar-refractivity contribution in [3.05, 3.63) is 46.3 Å². The van der Waals surface area contributed by atoms with Crippen LogP contribution in [-0.2, 0) is 22.9 Å². The highest BCUT2D eigenvalue weighted by atomic mass is 32.2. The first-order chi connectivity index (χ1) is 11.2. The maximum Gasteiger partial charge on any atom is 0.311 e. The predicted octanol–water partition coefficient (Wildman–Crippen LogP) is 1.46. The van der Waals surface area contributed by atoms with Gasteiger partial charge < -0.3 is 4.90 Å². The first-order valence-electron chi connectivity index (χ1n) is 6.87. The van der Waals surface area contributed by atoms with Gasteiger partial charge in [-0.25, -0.2) is 8.42 Å². The Morgan fingerprint density at radius 1 is 1.46 bits per heavy atom. The third kappa shape index (κ3) is 3.72. The van der Waals surface area contributed by atoms with E-state index in [0.717, 1.165) is 11.8 Å². The molecule has 1 heterocycles. The van der Waals surface area contributed by atoms with E-state index in [2.05, 4.69) is 11.0 Å². The van der Waals surface area contributed by atoms with E-state index in [9.17, 15) is 18.5 Å². The summed E-state index contributed by atoms with van der Waals surface area (Å²) in [5.74, 6) is 2.46. The number of rotatable bonds is 6. The lowest BCUT2D eigenvalue weighted by Gasteiger charge is -2.19. The molecular formula is C15H16N4O4S. The van der Waals surface area contributed by atoms with Crippen molar-refractivity contribution in [2.45, 2.75) is 18.0 Å². The molecule has 0 aliphatic rings. The Morgan fingerprint density at radius 2 is 2.17 bits per heavy atom. The first kappa shape index (κ1) is 17.5. The summed E-state index contributed by atoms with van der Waals surface area (Å²) in [5.41, 5.74) is 0.581. The highest BCUT2D eigenvalue weighted by Crippen LogP contribution is 2.34. The number of aromatic nitrogens is 2. The van der Waals surface area contributed by atoms with Gasteiger partial charge >= 0.3 is 5.69 Å². The number of nitro benzene ring substituents is 1. The van der Waals surface area contributed by atoms with Crippen molar-refractivity contribution in [3.63, 3.8) is 0 Å². The van der Waals surface area contributed by atoms with Gasteiger partial charge in [-0.3, -0.25) is 14.8 Å². The van der Waals surface area contributed by atoms with Crippen LogP contribution in [-0.4, -0.2) is 36.4 Å². The van der Waals surface area contributed by atoms with E-state index >= 15 is 0 Å². The van der Waals surface area contributed by atoms with Crippen LogP contribution < -0.4 is 4.90 Å². The van der Waals surface area contributed by atoms with E-state index < -0.39 is 20.4 Å². The van der Waals surface area contributed by atoms with Crippen LogP contribution in [0.1, 0.15) is 5.56 Å².